The minimum atomic E-state index is -0.757. The summed E-state index contributed by atoms with van der Waals surface area (Å²) in [6.07, 6.45) is 1.26. The van der Waals surface area contributed by atoms with Gasteiger partial charge in [0.15, 0.2) is 5.69 Å². The van der Waals surface area contributed by atoms with E-state index in [1.54, 1.807) is 6.92 Å². The summed E-state index contributed by atoms with van der Waals surface area (Å²) in [6.45, 7) is 2.34. The Kier molecular flexibility index (Phi) is 1.59. The van der Waals surface area contributed by atoms with Crippen molar-refractivity contribution in [2.75, 3.05) is 13.1 Å². The highest BCUT2D eigenvalue weighted by Gasteiger charge is 2.40. The van der Waals surface area contributed by atoms with E-state index in [2.05, 4.69) is 14.9 Å². The molecule has 0 aliphatic carbocycles. The summed E-state index contributed by atoms with van der Waals surface area (Å²) in [5.41, 5.74) is -0.581. The van der Waals surface area contributed by atoms with E-state index >= 15 is 0 Å². The summed E-state index contributed by atoms with van der Waals surface area (Å²) in [5, 5.41) is 16.1. The number of nitrogens with zero attached hydrogens (tertiary/aromatic N) is 3. The number of hydrogen-bond acceptors (Lipinski definition) is 5. The first-order valence-electron chi connectivity index (χ1n) is 3.88. The highest BCUT2D eigenvalue weighted by Crippen LogP contribution is 2.21. The van der Waals surface area contributed by atoms with Gasteiger partial charge in [-0.05, 0) is 12.1 Å². The molecule has 2 rings (SSSR count). The number of carbonyl (C=O) groups excluding carboxylic acids is 1. The number of rotatable bonds is 1. The zero-order valence-electron chi connectivity index (χ0n) is 7.10. The zero-order valence-corrected chi connectivity index (χ0v) is 7.10. The maximum atomic E-state index is 11.4. The molecule has 1 aliphatic rings. The first-order valence-corrected chi connectivity index (χ1v) is 3.88. The molecule has 0 atom stereocenters. The number of carbonyl (C=O) groups is 1. The van der Waals surface area contributed by atoms with Crippen LogP contribution in [0.5, 0.6) is 0 Å². The average Bonchev–Trinajstić information content (AvgIpc) is 2.50. The second-order valence-corrected chi connectivity index (χ2v) is 3.45. The molecule has 2 heterocycles. The van der Waals surface area contributed by atoms with Crippen molar-refractivity contribution in [2.24, 2.45) is 0 Å². The van der Waals surface area contributed by atoms with E-state index in [1.165, 1.54) is 11.1 Å². The minimum Gasteiger partial charge on any atom is -0.386 e. The molecule has 0 unspecified atom stereocenters. The number of β-amino-alcohol motifs (C(OH)–C–C–N with tert-alkyl or cyclic N) is 1. The Morgan fingerprint density at radius 2 is 2.46 bits per heavy atom. The molecule has 1 aromatic rings. The Labute approximate surface area is 74.1 Å². The lowest BCUT2D eigenvalue weighted by molar-refractivity contribution is -0.0671. The Hall–Kier alpha value is -1.43. The minimum absolute atomic E-state index is 0.176. The van der Waals surface area contributed by atoms with Crippen LogP contribution in [0.2, 0.25) is 0 Å². The molecule has 0 radical (unpaired) electrons. The van der Waals surface area contributed by atoms with Crippen molar-refractivity contribution in [3.8, 4) is 0 Å². The summed E-state index contributed by atoms with van der Waals surface area (Å²) in [7, 11) is 0. The molecule has 13 heavy (non-hydrogen) atoms. The topological polar surface area (TPSA) is 79.5 Å². The molecular formula is C7H9N3O3. The quantitative estimate of drug-likeness (QED) is 0.621. The van der Waals surface area contributed by atoms with Crippen LogP contribution >= 0.6 is 0 Å². The van der Waals surface area contributed by atoms with Gasteiger partial charge < -0.3 is 10.0 Å². The van der Waals surface area contributed by atoms with E-state index in [-0.39, 0.29) is 11.6 Å². The molecular weight excluding hydrogens is 174 g/mol. The van der Waals surface area contributed by atoms with Crippen molar-refractivity contribution < 1.29 is 14.5 Å². The largest absolute Gasteiger partial charge is 0.386 e. The second kappa shape index (κ2) is 2.53. The van der Waals surface area contributed by atoms with Crippen LogP contribution in [0, 0.1) is 0 Å². The molecule has 0 bridgehead atoms. The lowest BCUT2D eigenvalue weighted by Crippen LogP contribution is -2.61. The third kappa shape index (κ3) is 1.40. The average molecular weight is 183 g/mol. The fourth-order valence-electron chi connectivity index (χ4n) is 1.34. The van der Waals surface area contributed by atoms with Gasteiger partial charge in [-0.1, -0.05) is 5.16 Å². The van der Waals surface area contributed by atoms with E-state index in [9.17, 15) is 9.90 Å². The predicted octanol–water partition coefficient (Wildman–Crippen LogP) is -0.724. The molecule has 1 fully saturated rings. The Morgan fingerprint density at radius 3 is 2.92 bits per heavy atom. The molecule has 70 valence electrons. The number of hydrogen-bond donors (Lipinski definition) is 1. The van der Waals surface area contributed by atoms with Crippen LogP contribution in [0.15, 0.2) is 10.8 Å². The molecule has 6 heteroatoms. The van der Waals surface area contributed by atoms with Crippen LogP contribution in [-0.2, 0) is 0 Å². The number of aromatic nitrogens is 2. The van der Waals surface area contributed by atoms with Crippen molar-refractivity contribution in [1.82, 2.24) is 15.2 Å². The molecule has 1 aromatic heterocycles. The predicted molar refractivity (Wildman–Crippen MR) is 40.8 cm³/mol. The smallest absolute Gasteiger partial charge is 0.277 e. The molecule has 1 amide bonds. The van der Waals surface area contributed by atoms with E-state index in [0.29, 0.717) is 13.1 Å². The molecule has 0 spiro atoms. The highest BCUT2D eigenvalue weighted by molar-refractivity contribution is 5.92. The summed E-state index contributed by atoms with van der Waals surface area (Å²) >= 11 is 0. The van der Waals surface area contributed by atoms with Gasteiger partial charge in [-0.25, -0.2) is 4.63 Å². The van der Waals surface area contributed by atoms with Gasteiger partial charge in [0.25, 0.3) is 5.91 Å². The van der Waals surface area contributed by atoms with Crippen LogP contribution in [0.1, 0.15) is 17.4 Å². The Balaban J connectivity index is 2.02. The van der Waals surface area contributed by atoms with Crippen LogP contribution in [0.3, 0.4) is 0 Å². The summed E-state index contributed by atoms with van der Waals surface area (Å²) < 4.78 is 4.30. The van der Waals surface area contributed by atoms with Crippen LogP contribution < -0.4 is 0 Å². The summed E-state index contributed by atoms with van der Waals surface area (Å²) in [5.74, 6) is -0.257. The highest BCUT2D eigenvalue weighted by atomic mass is 16.6. The first-order chi connectivity index (χ1) is 6.08. The lowest BCUT2D eigenvalue weighted by Gasteiger charge is -2.43. The van der Waals surface area contributed by atoms with Gasteiger partial charge in [-0.15, -0.1) is 0 Å². The lowest BCUT2D eigenvalue weighted by atomic mass is 9.97. The summed E-state index contributed by atoms with van der Waals surface area (Å²) in [4.78, 5) is 12.9. The first kappa shape index (κ1) is 8.18. The van der Waals surface area contributed by atoms with Crippen molar-refractivity contribution in [1.29, 1.82) is 0 Å². The third-order valence-corrected chi connectivity index (χ3v) is 1.93. The standard InChI is InChI=1S/C7H9N3O3/c1-7(12)3-10(4-7)6(11)5-2-8-13-9-5/h2,12H,3-4H2,1H3. The maximum Gasteiger partial charge on any atom is 0.277 e. The van der Waals surface area contributed by atoms with Crippen LogP contribution in [0.25, 0.3) is 0 Å². The third-order valence-electron chi connectivity index (χ3n) is 1.93. The van der Waals surface area contributed by atoms with E-state index in [4.69, 9.17) is 0 Å². The summed E-state index contributed by atoms with van der Waals surface area (Å²) in [6, 6.07) is 0. The maximum absolute atomic E-state index is 11.4. The number of amides is 1. The second-order valence-electron chi connectivity index (χ2n) is 3.45. The fourth-order valence-corrected chi connectivity index (χ4v) is 1.34. The number of aliphatic hydroxyl groups is 1. The van der Waals surface area contributed by atoms with E-state index in [0.717, 1.165) is 0 Å². The van der Waals surface area contributed by atoms with Crippen molar-refractivity contribution in [3.63, 3.8) is 0 Å². The molecule has 6 nitrogen and oxygen atoms in total. The van der Waals surface area contributed by atoms with Gasteiger partial charge in [-0.2, -0.15) is 0 Å². The van der Waals surface area contributed by atoms with Gasteiger partial charge in [0.05, 0.1) is 18.7 Å². The van der Waals surface area contributed by atoms with Crippen molar-refractivity contribution in [2.45, 2.75) is 12.5 Å². The van der Waals surface area contributed by atoms with Crippen molar-refractivity contribution in [3.05, 3.63) is 11.9 Å². The zero-order chi connectivity index (χ0) is 9.47. The normalized spacial score (nSPS) is 19.7. The SMILES string of the molecule is CC1(O)CN(C(=O)c2cnon2)C1. The monoisotopic (exact) mass is 183 g/mol. The van der Waals surface area contributed by atoms with Gasteiger partial charge in [-0.3, -0.25) is 4.79 Å². The van der Waals surface area contributed by atoms with Gasteiger partial charge in [0.1, 0.15) is 6.20 Å². The number of likely N-dealkylation sites (tertiary alicyclic amines) is 1. The molecule has 0 aromatic carbocycles. The molecule has 0 saturated carbocycles. The van der Waals surface area contributed by atoms with Crippen LogP contribution in [-0.4, -0.2) is 44.9 Å². The van der Waals surface area contributed by atoms with Gasteiger partial charge in [0.2, 0.25) is 0 Å². The Morgan fingerprint density at radius 1 is 1.77 bits per heavy atom. The van der Waals surface area contributed by atoms with E-state index < -0.39 is 5.60 Å². The molecule has 1 N–H and O–H groups in total. The van der Waals surface area contributed by atoms with Gasteiger partial charge in [0, 0.05) is 0 Å². The van der Waals surface area contributed by atoms with E-state index in [1.807, 2.05) is 0 Å². The van der Waals surface area contributed by atoms with Crippen molar-refractivity contribution >= 4 is 5.91 Å². The fraction of sp³-hybridized carbons (Fsp3) is 0.571. The molecule has 1 saturated heterocycles. The Bertz CT molecular complexity index is 312. The van der Waals surface area contributed by atoms with Crippen LogP contribution in [0.4, 0.5) is 0 Å². The van der Waals surface area contributed by atoms with Gasteiger partial charge >= 0.3 is 0 Å². The molecule has 1 aliphatic heterocycles.